The van der Waals surface area contributed by atoms with Crippen molar-refractivity contribution < 1.29 is 4.74 Å². The number of morpholine rings is 1. The minimum absolute atomic E-state index is 0.413. The molecule has 4 nitrogen and oxygen atoms in total. The largest absolute Gasteiger partial charge is 0.382 e. The first kappa shape index (κ1) is 14.1. The molecule has 21 heavy (non-hydrogen) atoms. The van der Waals surface area contributed by atoms with Crippen LogP contribution in [0.3, 0.4) is 0 Å². The third kappa shape index (κ3) is 2.95. The first-order chi connectivity index (χ1) is 10.1. The molecule has 0 amide bonds. The lowest BCUT2D eigenvalue weighted by atomic mass is 10.1. The zero-order valence-electron chi connectivity index (χ0n) is 13.0. The van der Waals surface area contributed by atoms with Crippen molar-refractivity contribution in [1.82, 2.24) is 4.98 Å². The van der Waals surface area contributed by atoms with E-state index >= 15 is 0 Å². The number of anilines is 2. The predicted octanol–water partition coefficient (Wildman–Crippen LogP) is 3.20. The molecule has 0 aliphatic carbocycles. The number of aromatic nitrogens is 1. The van der Waals surface area contributed by atoms with Crippen LogP contribution in [0.4, 0.5) is 11.5 Å². The zero-order valence-corrected chi connectivity index (χ0v) is 13.0. The molecule has 3 rings (SSSR count). The molecule has 1 aromatic heterocycles. The fourth-order valence-corrected chi connectivity index (χ4v) is 2.84. The lowest BCUT2D eigenvalue weighted by Crippen LogP contribution is -2.37. The molecule has 0 atom stereocenters. The molecule has 0 unspecified atom stereocenters. The van der Waals surface area contributed by atoms with Gasteiger partial charge in [0.15, 0.2) is 0 Å². The van der Waals surface area contributed by atoms with Gasteiger partial charge in [0.1, 0.15) is 5.82 Å². The topological polar surface area (TPSA) is 37.4 Å². The smallest absolute Gasteiger partial charge is 0.136 e. The summed E-state index contributed by atoms with van der Waals surface area (Å²) < 4.78 is 5.46. The number of hydrogen-bond acceptors (Lipinski definition) is 4. The standard InChI is InChI=1S/C17H23N3O/c1-12(2)18-16-6-4-5-14-15(16)11-13(3)19-17(14)20-7-9-21-10-8-20/h4-6,11-12,18H,7-10H2,1-3H3. The van der Waals surface area contributed by atoms with Crippen molar-refractivity contribution in [3.8, 4) is 0 Å². The normalized spacial score (nSPS) is 15.7. The molecular formula is C17H23N3O. The number of aryl methyl sites for hydroxylation is 1. The van der Waals surface area contributed by atoms with Gasteiger partial charge in [0.2, 0.25) is 0 Å². The van der Waals surface area contributed by atoms with Gasteiger partial charge in [-0.1, -0.05) is 12.1 Å². The fourth-order valence-electron chi connectivity index (χ4n) is 2.84. The van der Waals surface area contributed by atoms with Crippen LogP contribution in [0.15, 0.2) is 24.3 Å². The van der Waals surface area contributed by atoms with Gasteiger partial charge in [0, 0.05) is 41.3 Å². The van der Waals surface area contributed by atoms with Crippen molar-refractivity contribution in [3.63, 3.8) is 0 Å². The van der Waals surface area contributed by atoms with Gasteiger partial charge in [-0.05, 0) is 32.9 Å². The van der Waals surface area contributed by atoms with Crippen LogP contribution in [0, 0.1) is 6.92 Å². The van der Waals surface area contributed by atoms with E-state index < -0.39 is 0 Å². The Labute approximate surface area is 126 Å². The Kier molecular flexibility index (Phi) is 3.97. The van der Waals surface area contributed by atoms with E-state index in [0.29, 0.717) is 6.04 Å². The van der Waals surface area contributed by atoms with Gasteiger partial charge in [-0.25, -0.2) is 4.98 Å². The summed E-state index contributed by atoms with van der Waals surface area (Å²) in [5.41, 5.74) is 2.24. The van der Waals surface area contributed by atoms with Crippen LogP contribution in [0.5, 0.6) is 0 Å². The summed E-state index contributed by atoms with van der Waals surface area (Å²) >= 11 is 0. The average Bonchev–Trinajstić information content (AvgIpc) is 2.47. The summed E-state index contributed by atoms with van der Waals surface area (Å²) in [7, 11) is 0. The van der Waals surface area contributed by atoms with Crippen LogP contribution < -0.4 is 10.2 Å². The third-order valence-electron chi connectivity index (χ3n) is 3.74. The maximum atomic E-state index is 5.46. The molecular weight excluding hydrogens is 262 g/mol. The molecule has 0 spiro atoms. The van der Waals surface area contributed by atoms with Crippen molar-refractivity contribution >= 4 is 22.3 Å². The van der Waals surface area contributed by atoms with E-state index in [-0.39, 0.29) is 0 Å². The second kappa shape index (κ2) is 5.90. The van der Waals surface area contributed by atoms with E-state index in [2.05, 4.69) is 55.3 Å². The van der Waals surface area contributed by atoms with Crippen molar-refractivity contribution in [3.05, 3.63) is 30.0 Å². The van der Waals surface area contributed by atoms with Crippen LogP contribution in [0.2, 0.25) is 0 Å². The maximum absolute atomic E-state index is 5.46. The number of fused-ring (bicyclic) bond motifs is 1. The van der Waals surface area contributed by atoms with Crippen molar-refractivity contribution in [1.29, 1.82) is 0 Å². The molecule has 2 heterocycles. The van der Waals surface area contributed by atoms with Crippen LogP contribution in [-0.2, 0) is 4.74 Å². The SMILES string of the molecule is Cc1cc2c(NC(C)C)cccc2c(N2CCOCC2)n1. The lowest BCUT2D eigenvalue weighted by Gasteiger charge is -2.29. The molecule has 1 aromatic carbocycles. The van der Waals surface area contributed by atoms with Gasteiger partial charge in [0.05, 0.1) is 13.2 Å². The maximum Gasteiger partial charge on any atom is 0.136 e. The molecule has 1 aliphatic heterocycles. The van der Waals surface area contributed by atoms with E-state index in [1.54, 1.807) is 0 Å². The van der Waals surface area contributed by atoms with E-state index in [1.165, 1.54) is 16.5 Å². The van der Waals surface area contributed by atoms with Crippen molar-refractivity contribution in [2.24, 2.45) is 0 Å². The zero-order chi connectivity index (χ0) is 14.8. The van der Waals surface area contributed by atoms with Gasteiger partial charge in [-0.3, -0.25) is 0 Å². The van der Waals surface area contributed by atoms with Crippen LogP contribution >= 0.6 is 0 Å². The summed E-state index contributed by atoms with van der Waals surface area (Å²) in [6.07, 6.45) is 0. The second-order valence-electron chi connectivity index (χ2n) is 5.89. The molecule has 4 heteroatoms. The Morgan fingerprint density at radius 1 is 1.19 bits per heavy atom. The van der Waals surface area contributed by atoms with Gasteiger partial charge in [0.25, 0.3) is 0 Å². The summed E-state index contributed by atoms with van der Waals surface area (Å²) in [5, 5.41) is 6.00. The molecule has 112 valence electrons. The van der Waals surface area contributed by atoms with E-state index in [4.69, 9.17) is 9.72 Å². The summed E-state index contributed by atoms with van der Waals surface area (Å²) in [6.45, 7) is 9.77. The number of nitrogens with zero attached hydrogens (tertiary/aromatic N) is 2. The molecule has 2 aromatic rings. The minimum atomic E-state index is 0.413. The van der Waals surface area contributed by atoms with E-state index in [9.17, 15) is 0 Å². The highest BCUT2D eigenvalue weighted by Gasteiger charge is 2.17. The highest BCUT2D eigenvalue weighted by Crippen LogP contribution is 2.31. The monoisotopic (exact) mass is 285 g/mol. The Morgan fingerprint density at radius 2 is 1.95 bits per heavy atom. The van der Waals surface area contributed by atoms with Gasteiger partial charge < -0.3 is 15.0 Å². The molecule has 1 saturated heterocycles. The number of pyridine rings is 1. The third-order valence-corrected chi connectivity index (χ3v) is 3.74. The summed E-state index contributed by atoms with van der Waals surface area (Å²) in [6, 6.07) is 9.00. The summed E-state index contributed by atoms with van der Waals surface area (Å²) in [5.74, 6) is 1.08. The first-order valence-electron chi connectivity index (χ1n) is 7.65. The number of ether oxygens (including phenoxy) is 1. The Morgan fingerprint density at radius 3 is 2.67 bits per heavy atom. The molecule has 1 N–H and O–H groups in total. The highest BCUT2D eigenvalue weighted by atomic mass is 16.5. The highest BCUT2D eigenvalue weighted by molar-refractivity contribution is 6.00. The molecule has 1 fully saturated rings. The Balaban J connectivity index is 2.11. The lowest BCUT2D eigenvalue weighted by molar-refractivity contribution is 0.122. The number of benzene rings is 1. The predicted molar refractivity (Wildman–Crippen MR) is 88.3 cm³/mol. The number of hydrogen-bond donors (Lipinski definition) is 1. The minimum Gasteiger partial charge on any atom is -0.382 e. The molecule has 0 saturated carbocycles. The van der Waals surface area contributed by atoms with Crippen LogP contribution in [0.25, 0.3) is 10.8 Å². The Hall–Kier alpha value is -1.81. The fraction of sp³-hybridized carbons (Fsp3) is 0.471. The summed E-state index contributed by atoms with van der Waals surface area (Å²) in [4.78, 5) is 7.12. The van der Waals surface area contributed by atoms with Gasteiger partial charge >= 0.3 is 0 Å². The molecule has 0 radical (unpaired) electrons. The van der Waals surface area contributed by atoms with E-state index in [1.807, 2.05) is 0 Å². The average molecular weight is 285 g/mol. The van der Waals surface area contributed by atoms with Crippen LogP contribution in [0.1, 0.15) is 19.5 Å². The Bertz CT molecular complexity index is 633. The van der Waals surface area contributed by atoms with E-state index in [0.717, 1.165) is 37.8 Å². The van der Waals surface area contributed by atoms with Crippen molar-refractivity contribution in [2.45, 2.75) is 26.8 Å². The number of nitrogens with one attached hydrogen (secondary N) is 1. The van der Waals surface area contributed by atoms with Crippen molar-refractivity contribution in [2.75, 3.05) is 36.5 Å². The van der Waals surface area contributed by atoms with Gasteiger partial charge in [-0.2, -0.15) is 0 Å². The molecule has 0 bridgehead atoms. The second-order valence-corrected chi connectivity index (χ2v) is 5.89. The van der Waals surface area contributed by atoms with Gasteiger partial charge in [-0.15, -0.1) is 0 Å². The first-order valence-corrected chi connectivity index (χ1v) is 7.65. The number of rotatable bonds is 3. The van der Waals surface area contributed by atoms with Crippen LogP contribution in [-0.4, -0.2) is 37.3 Å². The molecule has 1 aliphatic rings. The quantitative estimate of drug-likeness (QED) is 0.939.